The molecule has 5 heterocycles. The molecule has 0 fully saturated rings. The van der Waals surface area contributed by atoms with Crippen LogP contribution in [0.5, 0.6) is 0 Å². The zero-order valence-electron chi connectivity index (χ0n) is 13.8. The number of rotatable bonds is 1. The van der Waals surface area contributed by atoms with Gasteiger partial charge in [-0.05, 0) is 72.3 Å². The smallest absolute Gasteiger partial charge is 0.0659 e. The highest BCUT2D eigenvalue weighted by atomic mass is 79.9. The average molecular weight is 403 g/mol. The van der Waals surface area contributed by atoms with E-state index in [1.165, 1.54) is 5.56 Å². The lowest BCUT2D eigenvalue weighted by atomic mass is 10.3. The van der Waals surface area contributed by atoms with Crippen LogP contribution in [0.25, 0.3) is 46.4 Å². The quantitative estimate of drug-likeness (QED) is 0.361. The second-order valence-corrected chi connectivity index (χ2v) is 6.89. The largest absolute Gasteiger partial charge is 0.355 e. The molecule has 8 bridgehead atoms. The van der Waals surface area contributed by atoms with Gasteiger partial charge in [0.15, 0.2) is 0 Å². The Balaban J connectivity index is 1.86. The molecule has 0 radical (unpaired) electrons. The van der Waals surface area contributed by atoms with Gasteiger partial charge in [-0.25, -0.2) is 9.97 Å². The van der Waals surface area contributed by atoms with Crippen molar-refractivity contribution < 1.29 is 0 Å². The van der Waals surface area contributed by atoms with Crippen LogP contribution in [0.4, 0.5) is 0 Å². The number of hydrogen-bond acceptors (Lipinski definition) is 2. The summed E-state index contributed by atoms with van der Waals surface area (Å²) in [7, 11) is 0. The number of H-pyrrole nitrogens is 2. The molecular formula is C21H15BrN4. The van der Waals surface area contributed by atoms with Gasteiger partial charge in [-0.1, -0.05) is 15.9 Å². The van der Waals surface area contributed by atoms with E-state index in [0.717, 1.165) is 50.2 Å². The first-order valence-corrected chi connectivity index (χ1v) is 9.51. The zero-order valence-corrected chi connectivity index (χ0v) is 15.4. The summed E-state index contributed by atoms with van der Waals surface area (Å²) in [6.45, 7) is 0. The molecule has 5 heteroatoms. The first-order chi connectivity index (χ1) is 12.7. The monoisotopic (exact) mass is 402 g/mol. The van der Waals surface area contributed by atoms with Crippen molar-refractivity contribution in [1.29, 1.82) is 0 Å². The van der Waals surface area contributed by atoms with Gasteiger partial charge in [0.1, 0.15) is 0 Å². The van der Waals surface area contributed by atoms with Crippen LogP contribution in [-0.4, -0.2) is 19.9 Å². The van der Waals surface area contributed by atoms with Crippen molar-refractivity contribution in [1.82, 2.24) is 19.9 Å². The van der Waals surface area contributed by atoms with Gasteiger partial charge in [-0.2, -0.15) is 0 Å². The van der Waals surface area contributed by atoms with Gasteiger partial charge in [-0.3, -0.25) is 0 Å². The highest BCUT2D eigenvalue weighted by Crippen LogP contribution is 2.20. The Labute approximate surface area is 158 Å². The minimum absolute atomic E-state index is 0.784. The van der Waals surface area contributed by atoms with Crippen LogP contribution in [-0.2, 0) is 5.33 Å². The van der Waals surface area contributed by atoms with E-state index in [1.807, 2.05) is 36.4 Å². The minimum Gasteiger partial charge on any atom is -0.355 e. The molecule has 0 saturated heterocycles. The molecule has 3 aromatic heterocycles. The van der Waals surface area contributed by atoms with Crippen LogP contribution in [0.15, 0.2) is 42.5 Å². The maximum absolute atomic E-state index is 4.68. The molecule has 0 spiro atoms. The van der Waals surface area contributed by atoms with Crippen molar-refractivity contribution >= 4 is 62.3 Å². The summed E-state index contributed by atoms with van der Waals surface area (Å²) in [4.78, 5) is 16.2. The fourth-order valence-electron chi connectivity index (χ4n) is 3.19. The van der Waals surface area contributed by atoms with E-state index in [0.29, 0.717) is 0 Å². The second-order valence-electron chi connectivity index (χ2n) is 6.33. The van der Waals surface area contributed by atoms with E-state index < -0.39 is 0 Å². The molecule has 126 valence electrons. The van der Waals surface area contributed by atoms with Gasteiger partial charge in [-0.15, -0.1) is 0 Å². The summed E-state index contributed by atoms with van der Waals surface area (Å²) in [5.41, 5.74) is 9.08. The Bertz CT molecular complexity index is 1230. The molecule has 0 unspecified atom stereocenters. The first kappa shape index (κ1) is 15.3. The van der Waals surface area contributed by atoms with E-state index in [2.05, 4.69) is 66.2 Å². The summed E-state index contributed by atoms with van der Waals surface area (Å²) in [5, 5.41) is 0.784. The van der Waals surface area contributed by atoms with Gasteiger partial charge in [0.25, 0.3) is 0 Å². The number of aromatic amines is 2. The summed E-state index contributed by atoms with van der Waals surface area (Å²) in [5.74, 6) is 0. The van der Waals surface area contributed by atoms with E-state index in [-0.39, 0.29) is 0 Å². The summed E-state index contributed by atoms with van der Waals surface area (Å²) in [6, 6.07) is 14.5. The number of fused-ring (bicyclic) bond motifs is 8. The Morgan fingerprint density at radius 2 is 1.27 bits per heavy atom. The van der Waals surface area contributed by atoms with Gasteiger partial charge in [0, 0.05) is 27.4 Å². The highest BCUT2D eigenvalue weighted by molar-refractivity contribution is 9.08. The molecule has 5 rings (SSSR count). The normalized spacial score (nSPS) is 12.7. The predicted octanol–water partition coefficient (Wildman–Crippen LogP) is 5.55. The standard InChI is InChI=1S/C21H15BrN4/c22-12-13-7-20-10-18-4-3-16(24-18)8-14-1-2-15(23-14)9-17-5-6-19(25-17)11-21(13)26-20/h1-11,24,26H,12H2. The topological polar surface area (TPSA) is 57.4 Å². The van der Waals surface area contributed by atoms with Crippen LogP contribution in [0.3, 0.4) is 0 Å². The Hall–Kier alpha value is -2.92. The Morgan fingerprint density at radius 3 is 1.96 bits per heavy atom. The van der Waals surface area contributed by atoms with Crippen LogP contribution in [0, 0.1) is 0 Å². The van der Waals surface area contributed by atoms with Crippen molar-refractivity contribution in [3.63, 3.8) is 0 Å². The lowest BCUT2D eigenvalue weighted by Crippen LogP contribution is -1.78. The minimum atomic E-state index is 0.784. The maximum atomic E-state index is 4.68. The van der Waals surface area contributed by atoms with Crippen LogP contribution in [0.2, 0.25) is 0 Å². The van der Waals surface area contributed by atoms with Crippen LogP contribution >= 0.6 is 15.9 Å². The molecule has 0 amide bonds. The number of aromatic nitrogens is 4. The van der Waals surface area contributed by atoms with Gasteiger partial charge >= 0.3 is 0 Å². The maximum Gasteiger partial charge on any atom is 0.0659 e. The number of nitrogens with zero attached hydrogens (tertiary/aromatic N) is 2. The van der Waals surface area contributed by atoms with Crippen molar-refractivity contribution in [3.8, 4) is 0 Å². The second kappa shape index (κ2) is 6.11. The number of alkyl halides is 1. The number of hydrogen-bond donors (Lipinski definition) is 2. The lowest BCUT2D eigenvalue weighted by molar-refractivity contribution is 1.27. The van der Waals surface area contributed by atoms with Crippen molar-refractivity contribution in [2.24, 2.45) is 0 Å². The molecule has 0 aliphatic carbocycles. The molecule has 4 nitrogen and oxygen atoms in total. The van der Waals surface area contributed by atoms with E-state index in [4.69, 9.17) is 0 Å². The molecule has 2 aliphatic rings. The first-order valence-electron chi connectivity index (χ1n) is 8.38. The third-order valence-electron chi connectivity index (χ3n) is 4.40. The third kappa shape index (κ3) is 2.91. The molecule has 0 saturated carbocycles. The van der Waals surface area contributed by atoms with E-state index in [9.17, 15) is 0 Å². The number of nitrogens with one attached hydrogen (secondary N) is 2. The molecule has 2 N–H and O–H groups in total. The molecule has 26 heavy (non-hydrogen) atoms. The summed E-state index contributed by atoms with van der Waals surface area (Å²) < 4.78 is 0. The predicted molar refractivity (Wildman–Crippen MR) is 111 cm³/mol. The number of halogens is 1. The highest BCUT2D eigenvalue weighted by Gasteiger charge is 2.04. The van der Waals surface area contributed by atoms with E-state index >= 15 is 0 Å². The molecular weight excluding hydrogens is 388 g/mol. The van der Waals surface area contributed by atoms with Crippen LogP contribution < -0.4 is 0 Å². The average Bonchev–Trinajstić information content (AvgIpc) is 3.39. The summed E-state index contributed by atoms with van der Waals surface area (Å²) in [6.07, 6.45) is 8.07. The van der Waals surface area contributed by atoms with Gasteiger partial charge in [0.2, 0.25) is 0 Å². The Morgan fingerprint density at radius 1 is 0.654 bits per heavy atom. The van der Waals surface area contributed by atoms with Crippen molar-refractivity contribution in [2.45, 2.75) is 5.33 Å². The van der Waals surface area contributed by atoms with Gasteiger partial charge < -0.3 is 9.97 Å². The Kier molecular flexibility index (Phi) is 3.60. The molecule has 0 aromatic carbocycles. The van der Waals surface area contributed by atoms with Crippen LogP contribution in [0.1, 0.15) is 28.3 Å². The van der Waals surface area contributed by atoms with E-state index in [1.54, 1.807) is 0 Å². The van der Waals surface area contributed by atoms with Crippen molar-refractivity contribution in [3.05, 3.63) is 70.8 Å². The lowest BCUT2D eigenvalue weighted by Gasteiger charge is -1.89. The fourth-order valence-corrected chi connectivity index (χ4v) is 3.65. The fraction of sp³-hybridized carbons (Fsp3) is 0.0476. The SMILES string of the molecule is BrCc1cc2cc3ccc(cc4nc(cc5nc(cc1[nH]2)C=C5)C=C4)[nH]3. The molecule has 3 aromatic rings. The zero-order chi connectivity index (χ0) is 17.5. The van der Waals surface area contributed by atoms with Crippen molar-refractivity contribution in [2.75, 3.05) is 0 Å². The molecule has 2 aliphatic heterocycles. The van der Waals surface area contributed by atoms with Gasteiger partial charge in [0.05, 0.1) is 22.8 Å². The molecule has 0 atom stereocenters. The summed E-state index contributed by atoms with van der Waals surface area (Å²) >= 11 is 3.58. The third-order valence-corrected chi connectivity index (χ3v) is 5.00.